The first kappa shape index (κ1) is 19.0. The molecule has 6 heteroatoms. The van der Waals surface area contributed by atoms with Crippen molar-refractivity contribution < 1.29 is 9.59 Å². The van der Waals surface area contributed by atoms with Crippen molar-refractivity contribution in [2.24, 2.45) is 0 Å². The maximum atomic E-state index is 12.7. The van der Waals surface area contributed by atoms with Crippen LogP contribution < -0.4 is 5.73 Å². The highest BCUT2D eigenvalue weighted by Crippen LogP contribution is 2.48. The van der Waals surface area contributed by atoms with E-state index in [1.54, 1.807) is 0 Å². The first-order valence-electron chi connectivity index (χ1n) is 9.50. The molecule has 2 N–H and O–H groups in total. The van der Waals surface area contributed by atoms with E-state index in [0.717, 1.165) is 12.1 Å². The molecule has 2 amide bonds. The fourth-order valence-electron chi connectivity index (χ4n) is 4.20. The number of amides is 2. The van der Waals surface area contributed by atoms with Crippen LogP contribution in [-0.4, -0.2) is 48.8 Å². The Morgan fingerprint density at radius 2 is 1.89 bits per heavy atom. The number of rotatable bonds is 6. The van der Waals surface area contributed by atoms with Gasteiger partial charge in [-0.3, -0.25) is 14.5 Å². The number of imide groups is 1. The highest BCUT2D eigenvalue weighted by Gasteiger charge is 2.44. The average Bonchev–Trinajstić information content (AvgIpc) is 3.36. The first-order chi connectivity index (χ1) is 13.3. The second-order valence-corrected chi connectivity index (χ2v) is 8.58. The number of fused-ring (bicyclic) bond motifs is 1. The lowest BCUT2D eigenvalue weighted by atomic mass is 9.93. The van der Waals surface area contributed by atoms with Gasteiger partial charge in [-0.2, -0.15) is 0 Å². The Morgan fingerprint density at radius 3 is 2.57 bits per heavy atom. The Bertz CT molecular complexity index is 966. The number of carbonyl (C=O) groups is 2. The second kappa shape index (κ2) is 6.90. The zero-order chi connectivity index (χ0) is 20.1. The minimum absolute atomic E-state index is 0.250. The van der Waals surface area contributed by atoms with Crippen molar-refractivity contribution in [3.05, 3.63) is 63.7 Å². The van der Waals surface area contributed by atoms with Crippen molar-refractivity contribution in [2.75, 3.05) is 32.9 Å². The van der Waals surface area contributed by atoms with Crippen molar-refractivity contribution in [3.8, 4) is 0 Å². The number of likely N-dealkylation sites (N-methyl/N-ethyl adjacent to an activating group) is 1. The van der Waals surface area contributed by atoms with Gasteiger partial charge in [0.1, 0.15) is 0 Å². The van der Waals surface area contributed by atoms with Gasteiger partial charge in [0.15, 0.2) is 0 Å². The third-order valence-corrected chi connectivity index (χ3v) is 5.92. The fraction of sp³-hybridized carbons (Fsp3) is 0.364. The van der Waals surface area contributed by atoms with Crippen molar-refractivity contribution in [1.82, 2.24) is 9.80 Å². The second-order valence-electron chi connectivity index (χ2n) is 8.15. The van der Waals surface area contributed by atoms with Crippen LogP contribution in [0, 0.1) is 0 Å². The molecule has 146 valence electrons. The lowest BCUT2D eigenvalue weighted by Gasteiger charge is -2.21. The molecule has 28 heavy (non-hydrogen) atoms. The van der Waals surface area contributed by atoms with E-state index in [4.69, 9.17) is 17.3 Å². The predicted molar refractivity (Wildman–Crippen MR) is 111 cm³/mol. The van der Waals surface area contributed by atoms with Crippen LogP contribution in [0.2, 0.25) is 5.02 Å². The summed E-state index contributed by atoms with van der Waals surface area (Å²) in [7, 11) is 4.20. The zero-order valence-corrected chi connectivity index (χ0v) is 16.9. The summed E-state index contributed by atoms with van der Waals surface area (Å²) in [5.74, 6) is -0.659. The molecule has 5 nitrogen and oxygen atoms in total. The van der Waals surface area contributed by atoms with E-state index in [9.17, 15) is 9.59 Å². The quantitative estimate of drug-likeness (QED) is 0.599. The highest BCUT2D eigenvalue weighted by atomic mass is 35.5. The maximum Gasteiger partial charge on any atom is 0.263 e. The molecule has 1 fully saturated rings. The van der Waals surface area contributed by atoms with E-state index in [2.05, 4.69) is 43.3 Å². The Balaban J connectivity index is 1.50. The summed E-state index contributed by atoms with van der Waals surface area (Å²) in [4.78, 5) is 28.9. The van der Waals surface area contributed by atoms with E-state index in [1.165, 1.54) is 35.4 Å². The van der Waals surface area contributed by atoms with E-state index < -0.39 is 0 Å². The number of hydrogen-bond acceptors (Lipinski definition) is 4. The van der Waals surface area contributed by atoms with Crippen molar-refractivity contribution >= 4 is 29.1 Å². The topological polar surface area (TPSA) is 66.6 Å². The van der Waals surface area contributed by atoms with Crippen molar-refractivity contribution in [1.29, 1.82) is 0 Å². The Kier molecular flexibility index (Phi) is 4.68. The third-order valence-electron chi connectivity index (χ3n) is 5.70. The molecule has 0 aromatic heterocycles. The standard InChI is InChI=1S/C22H24ClN3O2/c1-25(2)13-22(7-8-22)15-5-3-4-14(10-15)6-9-26-20(27)17-11-16(23)12-18(24)19(17)21(26)28/h3-5,10-12H,6-9,13,24H2,1-2H3. The molecule has 1 aliphatic heterocycles. The fourth-order valence-corrected chi connectivity index (χ4v) is 4.43. The number of nitrogen functional groups attached to an aromatic ring is 1. The molecule has 0 bridgehead atoms. The molecule has 0 spiro atoms. The molecule has 1 saturated carbocycles. The van der Waals surface area contributed by atoms with Crippen molar-refractivity contribution in [3.63, 3.8) is 0 Å². The largest absolute Gasteiger partial charge is 0.398 e. The van der Waals surface area contributed by atoms with Gasteiger partial charge >= 0.3 is 0 Å². The van der Waals surface area contributed by atoms with Crippen LogP contribution in [-0.2, 0) is 11.8 Å². The molecular weight excluding hydrogens is 374 g/mol. The van der Waals surface area contributed by atoms with Crippen LogP contribution in [0.25, 0.3) is 0 Å². The maximum absolute atomic E-state index is 12.7. The van der Waals surface area contributed by atoms with Gasteiger partial charge in [-0.15, -0.1) is 0 Å². The smallest absolute Gasteiger partial charge is 0.263 e. The number of benzene rings is 2. The number of nitrogens with zero attached hydrogens (tertiary/aromatic N) is 2. The van der Waals surface area contributed by atoms with Gasteiger partial charge in [0, 0.05) is 29.2 Å². The van der Waals surface area contributed by atoms with E-state index in [0.29, 0.717) is 23.6 Å². The zero-order valence-electron chi connectivity index (χ0n) is 16.2. The van der Waals surface area contributed by atoms with Crippen LogP contribution in [0.1, 0.15) is 44.7 Å². The Labute approximate surface area is 170 Å². The summed E-state index contributed by atoms with van der Waals surface area (Å²) in [6.45, 7) is 1.36. The first-order valence-corrected chi connectivity index (χ1v) is 9.88. The monoisotopic (exact) mass is 397 g/mol. The Morgan fingerprint density at radius 1 is 1.14 bits per heavy atom. The summed E-state index contributed by atoms with van der Waals surface area (Å²) < 4.78 is 0. The SMILES string of the molecule is CN(C)CC1(c2cccc(CCN3C(=O)c4cc(Cl)cc(N)c4C3=O)c2)CC1. The van der Waals surface area contributed by atoms with Crippen LogP contribution >= 0.6 is 11.6 Å². The summed E-state index contributed by atoms with van der Waals surface area (Å²) in [5.41, 5.74) is 9.47. The van der Waals surface area contributed by atoms with E-state index in [-0.39, 0.29) is 28.5 Å². The molecular formula is C22H24ClN3O2. The van der Waals surface area contributed by atoms with Crippen molar-refractivity contribution in [2.45, 2.75) is 24.7 Å². The molecule has 1 heterocycles. The molecule has 0 saturated heterocycles. The molecule has 2 aromatic carbocycles. The number of carbonyl (C=O) groups excluding carboxylic acids is 2. The van der Waals surface area contributed by atoms with Crippen LogP contribution in [0.4, 0.5) is 5.69 Å². The molecule has 0 radical (unpaired) electrons. The average molecular weight is 398 g/mol. The van der Waals surface area contributed by atoms with Crippen LogP contribution in [0.3, 0.4) is 0 Å². The summed E-state index contributed by atoms with van der Waals surface area (Å²) in [6.07, 6.45) is 3.02. The van der Waals surface area contributed by atoms with Gasteiger partial charge < -0.3 is 10.6 Å². The molecule has 0 unspecified atom stereocenters. The molecule has 0 atom stereocenters. The summed E-state index contributed by atoms with van der Waals surface area (Å²) >= 11 is 6.00. The Hall–Kier alpha value is -2.37. The summed E-state index contributed by atoms with van der Waals surface area (Å²) in [5, 5.41) is 0.363. The predicted octanol–water partition coefficient (Wildman–Crippen LogP) is 3.35. The van der Waals surface area contributed by atoms with Gasteiger partial charge in [-0.25, -0.2) is 0 Å². The van der Waals surface area contributed by atoms with Gasteiger partial charge in [-0.1, -0.05) is 35.9 Å². The van der Waals surface area contributed by atoms with Crippen LogP contribution in [0.5, 0.6) is 0 Å². The van der Waals surface area contributed by atoms with Gasteiger partial charge in [-0.05, 0) is 56.6 Å². The van der Waals surface area contributed by atoms with Gasteiger partial charge in [0.05, 0.1) is 11.1 Å². The molecule has 4 rings (SSSR count). The number of anilines is 1. The van der Waals surface area contributed by atoms with Gasteiger partial charge in [0.2, 0.25) is 0 Å². The lowest BCUT2D eigenvalue weighted by molar-refractivity contribution is 0.0656. The summed E-state index contributed by atoms with van der Waals surface area (Å²) in [6, 6.07) is 11.6. The minimum atomic E-state index is -0.336. The third kappa shape index (κ3) is 3.29. The van der Waals surface area contributed by atoms with Gasteiger partial charge in [0.25, 0.3) is 11.8 Å². The normalized spacial score (nSPS) is 17.4. The van der Waals surface area contributed by atoms with E-state index >= 15 is 0 Å². The minimum Gasteiger partial charge on any atom is -0.398 e. The highest BCUT2D eigenvalue weighted by molar-refractivity contribution is 6.33. The molecule has 2 aliphatic rings. The van der Waals surface area contributed by atoms with Crippen LogP contribution in [0.15, 0.2) is 36.4 Å². The molecule has 2 aromatic rings. The number of nitrogens with two attached hydrogens (primary N) is 1. The number of halogens is 1. The molecule has 1 aliphatic carbocycles. The lowest BCUT2D eigenvalue weighted by Crippen LogP contribution is -2.32. The number of hydrogen-bond donors (Lipinski definition) is 1. The van der Waals surface area contributed by atoms with E-state index in [1.807, 2.05) is 0 Å².